The van der Waals surface area contributed by atoms with Crippen LogP contribution in [-0.4, -0.2) is 11.7 Å². The highest BCUT2D eigenvalue weighted by atomic mass is 16.5. The summed E-state index contributed by atoms with van der Waals surface area (Å²) in [5.41, 5.74) is 1.87. The van der Waals surface area contributed by atoms with Crippen molar-refractivity contribution in [3.8, 4) is 11.5 Å². The zero-order valence-electron chi connectivity index (χ0n) is 12.5. The van der Waals surface area contributed by atoms with Gasteiger partial charge < -0.3 is 15.2 Å². The molecule has 0 radical (unpaired) electrons. The molecular formula is C19H19NO2. The van der Waals surface area contributed by atoms with Crippen LogP contribution in [0.3, 0.4) is 0 Å². The highest BCUT2D eigenvalue weighted by Crippen LogP contribution is 2.31. The van der Waals surface area contributed by atoms with Gasteiger partial charge in [-0.25, -0.2) is 0 Å². The number of fused-ring (bicyclic) bond motifs is 1. The number of para-hydroxylation sites is 1. The van der Waals surface area contributed by atoms with Gasteiger partial charge in [-0.3, -0.25) is 0 Å². The zero-order chi connectivity index (χ0) is 15.4. The summed E-state index contributed by atoms with van der Waals surface area (Å²) in [6.45, 7) is 2.98. The molecule has 2 N–H and O–H groups in total. The number of anilines is 1. The van der Waals surface area contributed by atoms with Crippen molar-refractivity contribution < 1.29 is 9.84 Å². The lowest BCUT2D eigenvalue weighted by atomic mass is 10.1. The summed E-state index contributed by atoms with van der Waals surface area (Å²) >= 11 is 0. The Balaban J connectivity index is 1.84. The molecule has 112 valence electrons. The molecule has 3 rings (SSSR count). The van der Waals surface area contributed by atoms with Crippen molar-refractivity contribution in [2.45, 2.75) is 13.5 Å². The van der Waals surface area contributed by atoms with Gasteiger partial charge in [-0.2, -0.15) is 0 Å². The number of hydrogen-bond donors (Lipinski definition) is 2. The summed E-state index contributed by atoms with van der Waals surface area (Å²) < 4.78 is 5.42. The zero-order valence-corrected chi connectivity index (χ0v) is 12.5. The van der Waals surface area contributed by atoms with Crippen molar-refractivity contribution in [1.29, 1.82) is 0 Å². The van der Waals surface area contributed by atoms with Crippen LogP contribution in [0.4, 0.5) is 5.69 Å². The van der Waals surface area contributed by atoms with Crippen LogP contribution in [0.25, 0.3) is 10.8 Å². The van der Waals surface area contributed by atoms with E-state index < -0.39 is 0 Å². The van der Waals surface area contributed by atoms with E-state index in [4.69, 9.17) is 4.74 Å². The number of hydrogen-bond acceptors (Lipinski definition) is 3. The minimum atomic E-state index is 0.206. The standard InChI is InChI=1S/C19H19NO2/c1-2-22-18-12-6-9-15(19(18)21)13-20-17-11-5-8-14-7-3-4-10-16(14)17/h3-12,20-21H,2,13H2,1H3. The summed E-state index contributed by atoms with van der Waals surface area (Å²) in [7, 11) is 0. The number of phenols is 1. The average Bonchev–Trinajstić information content (AvgIpc) is 2.56. The first-order valence-electron chi connectivity index (χ1n) is 7.45. The molecule has 0 spiro atoms. The van der Waals surface area contributed by atoms with Crippen molar-refractivity contribution in [3.05, 3.63) is 66.2 Å². The van der Waals surface area contributed by atoms with Crippen LogP contribution in [0, 0.1) is 0 Å². The average molecular weight is 293 g/mol. The van der Waals surface area contributed by atoms with Gasteiger partial charge in [0.25, 0.3) is 0 Å². The number of nitrogens with one attached hydrogen (secondary N) is 1. The van der Waals surface area contributed by atoms with Crippen molar-refractivity contribution >= 4 is 16.5 Å². The van der Waals surface area contributed by atoms with Gasteiger partial charge in [0.1, 0.15) is 0 Å². The van der Waals surface area contributed by atoms with Gasteiger partial charge in [0, 0.05) is 23.2 Å². The van der Waals surface area contributed by atoms with Crippen LogP contribution in [0.15, 0.2) is 60.7 Å². The van der Waals surface area contributed by atoms with E-state index in [1.807, 2.05) is 43.3 Å². The third-order valence-corrected chi connectivity index (χ3v) is 3.64. The fourth-order valence-electron chi connectivity index (χ4n) is 2.55. The largest absolute Gasteiger partial charge is 0.504 e. The van der Waals surface area contributed by atoms with E-state index in [1.165, 1.54) is 10.8 Å². The molecule has 0 bridgehead atoms. The number of benzene rings is 3. The van der Waals surface area contributed by atoms with Crippen molar-refractivity contribution in [2.75, 3.05) is 11.9 Å². The van der Waals surface area contributed by atoms with Crippen molar-refractivity contribution in [2.24, 2.45) is 0 Å². The molecule has 3 aromatic carbocycles. The number of rotatable bonds is 5. The Morgan fingerprint density at radius 1 is 0.955 bits per heavy atom. The number of phenolic OH excluding ortho intramolecular Hbond substituents is 1. The van der Waals surface area contributed by atoms with E-state index in [1.54, 1.807) is 6.07 Å². The van der Waals surface area contributed by atoms with Crippen LogP contribution < -0.4 is 10.1 Å². The van der Waals surface area contributed by atoms with Crippen LogP contribution in [0.5, 0.6) is 11.5 Å². The molecule has 0 aliphatic heterocycles. The number of aromatic hydroxyl groups is 1. The van der Waals surface area contributed by atoms with E-state index in [2.05, 4.69) is 23.5 Å². The molecule has 3 aromatic rings. The summed E-state index contributed by atoms with van der Waals surface area (Å²) in [6.07, 6.45) is 0. The molecule has 0 atom stereocenters. The van der Waals surface area contributed by atoms with Gasteiger partial charge in [0.15, 0.2) is 11.5 Å². The fraction of sp³-hybridized carbons (Fsp3) is 0.158. The molecule has 0 unspecified atom stereocenters. The fourth-order valence-corrected chi connectivity index (χ4v) is 2.55. The number of ether oxygens (including phenoxy) is 1. The second-order valence-electron chi connectivity index (χ2n) is 5.08. The quantitative estimate of drug-likeness (QED) is 0.724. The maximum absolute atomic E-state index is 10.2. The second-order valence-corrected chi connectivity index (χ2v) is 5.08. The Kier molecular flexibility index (Phi) is 4.15. The summed E-state index contributed by atoms with van der Waals surface area (Å²) in [5.74, 6) is 0.733. The molecule has 3 heteroatoms. The van der Waals surface area contributed by atoms with E-state index in [-0.39, 0.29) is 5.75 Å². The maximum atomic E-state index is 10.2. The predicted octanol–water partition coefficient (Wildman–Crippen LogP) is 4.56. The Morgan fingerprint density at radius 3 is 2.59 bits per heavy atom. The van der Waals surface area contributed by atoms with E-state index in [0.29, 0.717) is 18.9 Å². The van der Waals surface area contributed by atoms with Crippen LogP contribution in [0.1, 0.15) is 12.5 Å². The van der Waals surface area contributed by atoms with Crippen molar-refractivity contribution in [1.82, 2.24) is 0 Å². The molecular weight excluding hydrogens is 274 g/mol. The van der Waals surface area contributed by atoms with Gasteiger partial charge in [-0.1, -0.05) is 48.5 Å². The molecule has 0 aromatic heterocycles. The molecule has 0 fully saturated rings. The van der Waals surface area contributed by atoms with Crippen molar-refractivity contribution in [3.63, 3.8) is 0 Å². The van der Waals surface area contributed by atoms with Gasteiger partial charge >= 0.3 is 0 Å². The molecule has 3 nitrogen and oxygen atoms in total. The molecule has 22 heavy (non-hydrogen) atoms. The predicted molar refractivity (Wildman–Crippen MR) is 90.6 cm³/mol. The summed E-state index contributed by atoms with van der Waals surface area (Å²) in [4.78, 5) is 0. The third kappa shape index (κ3) is 2.84. The highest BCUT2D eigenvalue weighted by Gasteiger charge is 2.08. The Labute approximate surface area is 130 Å². The summed E-state index contributed by atoms with van der Waals surface area (Å²) in [5, 5.41) is 16.0. The minimum absolute atomic E-state index is 0.206. The topological polar surface area (TPSA) is 41.5 Å². The normalized spacial score (nSPS) is 10.6. The molecule has 0 aliphatic rings. The van der Waals surface area contributed by atoms with Gasteiger partial charge in [0.2, 0.25) is 0 Å². The van der Waals surface area contributed by atoms with E-state index in [0.717, 1.165) is 11.3 Å². The second kappa shape index (κ2) is 6.39. The first-order chi connectivity index (χ1) is 10.8. The van der Waals surface area contributed by atoms with Crippen LogP contribution >= 0.6 is 0 Å². The maximum Gasteiger partial charge on any atom is 0.162 e. The SMILES string of the molecule is CCOc1cccc(CNc2cccc3ccccc23)c1O. The van der Waals surface area contributed by atoms with Crippen LogP contribution in [-0.2, 0) is 6.54 Å². The molecule has 0 aliphatic carbocycles. The van der Waals surface area contributed by atoms with E-state index in [9.17, 15) is 5.11 Å². The Bertz CT molecular complexity index is 778. The third-order valence-electron chi connectivity index (χ3n) is 3.64. The highest BCUT2D eigenvalue weighted by molar-refractivity contribution is 5.93. The van der Waals surface area contributed by atoms with Crippen LogP contribution in [0.2, 0.25) is 0 Å². The summed E-state index contributed by atoms with van der Waals surface area (Å²) in [6, 6.07) is 20.0. The first kappa shape index (κ1) is 14.3. The molecule has 0 saturated heterocycles. The monoisotopic (exact) mass is 293 g/mol. The Morgan fingerprint density at radius 2 is 1.73 bits per heavy atom. The lowest BCUT2D eigenvalue weighted by Gasteiger charge is -2.13. The van der Waals surface area contributed by atoms with E-state index >= 15 is 0 Å². The van der Waals surface area contributed by atoms with Gasteiger partial charge in [0.05, 0.1) is 6.61 Å². The van der Waals surface area contributed by atoms with Gasteiger partial charge in [-0.15, -0.1) is 0 Å². The van der Waals surface area contributed by atoms with Gasteiger partial charge in [-0.05, 0) is 24.4 Å². The Hall–Kier alpha value is -2.68. The lowest BCUT2D eigenvalue weighted by Crippen LogP contribution is -2.01. The lowest BCUT2D eigenvalue weighted by molar-refractivity contribution is 0.317. The smallest absolute Gasteiger partial charge is 0.162 e. The molecule has 0 amide bonds. The molecule has 0 heterocycles. The first-order valence-corrected chi connectivity index (χ1v) is 7.45. The minimum Gasteiger partial charge on any atom is -0.504 e. The molecule has 0 saturated carbocycles.